The fourth-order valence-corrected chi connectivity index (χ4v) is 2.03. The van der Waals surface area contributed by atoms with E-state index in [0.717, 1.165) is 24.2 Å². The molecule has 0 bridgehead atoms. The summed E-state index contributed by atoms with van der Waals surface area (Å²) in [5.74, 6) is -1.98. The van der Waals surface area contributed by atoms with E-state index in [-0.39, 0.29) is 12.2 Å². The van der Waals surface area contributed by atoms with E-state index in [2.05, 4.69) is 17.6 Å². The minimum absolute atomic E-state index is 0.208. The van der Waals surface area contributed by atoms with Gasteiger partial charge in [0.25, 0.3) is 5.69 Å². The highest BCUT2D eigenvalue weighted by Gasteiger charge is 2.16. The van der Waals surface area contributed by atoms with Crippen molar-refractivity contribution in [3.8, 4) is 0 Å². The molecule has 0 unspecified atom stereocenters. The summed E-state index contributed by atoms with van der Waals surface area (Å²) in [7, 11) is 0. The summed E-state index contributed by atoms with van der Waals surface area (Å²) in [6, 6.07) is 8.84. The Morgan fingerprint density at radius 3 is 2.22 bits per heavy atom. The lowest BCUT2D eigenvalue weighted by molar-refractivity contribution is -0.385. The Labute approximate surface area is 132 Å². The Bertz CT molecular complexity index is 667. The minimum atomic E-state index is -0.988. The summed E-state index contributed by atoms with van der Waals surface area (Å²) in [5, 5.41) is 16.4. The lowest BCUT2D eigenvalue weighted by Crippen LogP contribution is -2.05. The first-order valence-electron chi connectivity index (χ1n) is 7.21. The Balaban J connectivity index is 2.04. The number of hydrogen-bond acceptors (Lipinski definition) is 4. The molecule has 0 saturated carbocycles. The molecule has 2 aromatic rings. The normalized spacial score (nSPS) is 10.4. The van der Waals surface area contributed by atoms with Gasteiger partial charge < -0.3 is 10.6 Å². The lowest BCUT2D eigenvalue weighted by atomic mass is 10.2. The highest BCUT2D eigenvalue weighted by Crippen LogP contribution is 2.25. The molecular formula is C16H17F2N3O2. The van der Waals surface area contributed by atoms with Gasteiger partial charge in [-0.05, 0) is 24.1 Å². The molecule has 0 aliphatic heterocycles. The zero-order valence-corrected chi connectivity index (χ0v) is 12.6. The molecule has 0 heterocycles. The molecule has 2 rings (SSSR count). The van der Waals surface area contributed by atoms with Crippen molar-refractivity contribution >= 4 is 17.1 Å². The SMILES string of the molecule is CCCNc1ccc(CNc2c(F)cc([N+](=O)[O-])cc2F)cc1. The van der Waals surface area contributed by atoms with Crippen molar-refractivity contribution in [3.63, 3.8) is 0 Å². The topological polar surface area (TPSA) is 67.2 Å². The van der Waals surface area contributed by atoms with Gasteiger partial charge in [0.05, 0.1) is 17.1 Å². The van der Waals surface area contributed by atoms with Crippen LogP contribution in [0.1, 0.15) is 18.9 Å². The number of anilines is 2. The zero-order chi connectivity index (χ0) is 16.8. The van der Waals surface area contributed by atoms with Crippen molar-refractivity contribution in [3.05, 3.63) is 63.7 Å². The Kier molecular flexibility index (Phi) is 5.46. The maximum atomic E-state index is 13.8. The van der Waals surface area contributed by atoms with Crippen molar-refractivity contribution in [2.75, 3.05) is 17.2 Å². The van der Waals surface area contributed by atoms with E-state index in [1.165, 1.54) is 0 Å². The smallest absolute Gasteiger partial charge is 0.275 e. The molecule has 2 N–H and O–H groups in total. The summed E-state index contributed by atoms with van der Waals surface area (Å²) < 4.78 is 27.5. The van der Waals surface area contributed by atoms with Crippen LogP contribution in [-0.2, 0) is 6.54 Å². The molecule has 0 aliphatic rings. The first kappa shape index (κ1) is 16.7. The van der Waals surface area contributed by atoms with Crippen LogP contribution < -0.4 is 10.6 Å². The molecule has 0 saturated heterocycles. The Morgan fingerprint density at radius 1 is 1.09 bits per heavy atom. The average Bonchev–Trinajstić information content (AvgIpc) is 2.53. The second kappa shape index (κ2) is 7.53. The largest absolute Gasteiger partial charge is 0.385 e. The third-order valence-corrected chi connectivity index (χ3v) is 3.24. The van der Waals surface area contributed by atoms with E-state index in [0.29, 0.717) is 12.1 Å². The predicted octanol–water partition coefficient (Wildman–Crippen LogP) is 4.31. The highest BCUT2D eigenvalue weighted by molar-refractivity contribution is 5.52. The predicted molar refractivity (Wildman–Crippen MR) is 85.6 cm³/mol. The van der Waals surface area contributed by atoms with Crippen molar-refractivity contribution in [2.45, 2.75) is 19.9 Å². The Morgan fingerprint density at radius 2 is 1.70 bits per heavy atom. The molecule has 23 heavy (non-hydrogen) atoms. The van der Waals surface area contributed by atoms with Gasteiger partial charge in [0.2, 0.25) is 0 Å². The summed E-state index contributed by atoms with van der Waals surface area (Å²) in [6.45, 7) is 3.15. The highest BCUT2D eigenvalue weighted by atomic mass is 19.1. The van der Waals surface area contributed by atoms with E-state index < -0.39 is 22.2 Å². The quantitative estimate of drug-likeness (QED) is 0.589. The minimum Gasteiger partial charge on any atom is -0.385 e. The van der Waals surface area contributed by atoms with Gasteiger partial charge in [-0.25, -0.2) is 8.78 Å². The summed E-state index contributed by atoms with van der Waals surface area (Å²) in [6.07, 6.45) is 1.02. The Hall–Kier alpha value is -2.70. The molecular weight excluding hydrogens is 304 g/mol. The van der Waals surface area contributed by atoms with Crippen LogP contribution in [-0.4, -0.2) is 11.5 Å². The molecule has 0 atom stereocenters. The number of nitrogens with one attached hydrogen (secondary N) is 2. The number of non-ortho nitro benzene ring substituents is 1. The maximum Gasteiger partial charge on any atom is 0.275 e. The third kappa shape index (κ3) is 4.38. The van der Waals surface area contributed by atoms with Crippen LogP contribution in [0.25, 0.3) is 0 Å². The fourth-order valence-electron chi connectivity index (χ4n) is 2.03. The number of halogens is 2. The molecule has 0 spiro atoms. The molecule has 5 nitrogen and oxygen atoms in total. The number of hydrogen-bond donors (Lipinski definition) is 2. The monoisotopic (exact) mass is 321 g/mol. The molecule has 122 valence electrons. The number of rotatable bonds is 7. The number of nitro benzene ring substituents is 1. The third-order valence-electron chi connectivity index (χ3n) is 3.24. The first-order chi connectivity index (χ1) is 11.0. The fraction of sp³-hybridized carbons (Fsp3) is 0.250. The zero-order valence-electron chi connectivity index (χ0n) is 12.6. The number of benzene rings is 2. The van der Waals surface area contributed by atoms with Gasteiger partial charge in [-0.2, -0.15) is 0 Å². The molecule has 2 aromatic carbocycles. The van der Waals surface area contributed by atoms with Crippen LogP contribution in [0, 0.1) is 21.7 Å². The van der Waals surface area contributed by atoms with Crippen molar-refractivity contribution in [1.29, 1.82) is 0 Å². The molecule has 0 amide bonds. The van der Waals surface area contributed by atoms with Crippen molar-refractivity contribution < 1.29 is 13.7 Å². The molecule has 7 heteroatoms. The van der Waals surface area contributed by atoms with E-state index in [4.69, 9.17) is 0 Å². The summed E-state index contributed by atoms with van der Waals surface area (Å²) in [5.41, 5.74) is 0.827. The summed E-state index contributed by atoms with van der Waals surface area (Å²) >= 11 is 0. The second-order valence-electron chi connectivity index (χ2n) is 5.02. The van der Waals surface area contributed by atoms with E-state index in [9.17, 15) is 18.9 Å². The van der Waals surface area contributed by atoms with Crippen molar-refractivity contribution in [1.82, 2.24) is 0 Å². The van der Waals surface area contributed by atoms with E-state index >= 15 is 0 Å². The maximum absolute atomic E-state index is 13.8. The standard InChI is InChI=1S/C16H17F2N3O2/c1-2-7-19-12-5-3-11(4-6-12)10-20-16-14(17)8-13(21(22)23)9-15(16)18/h3-6,8-9,19-20H,2,7,10H2,1H3. The van der Waals surface area contributed by atoms with Crippen LogP contribution >= 0.6 is 0 Å². The van der Waals surface area contributed by atoms with Crippen molar-refractivity contribution in [2.24, 2.45) is 0 Å². The second-order valence-corrected chi connectivity index (χ2v) is 5.02. The van der Waals surface area contributed by atoms with Crippen LogP contribution in [0.5, 0.6) is 0 Å². The molecule has 0 aliphatic carbocycles. The van der Waals surface area contributed by atoms with Gasteiger partial charge in [-0.15, -0.1) is 0 Å². The van der Waals surface area contributed by atoms with E-state index in [1.54, 1.807) is 0 Å². The van der Waals surface area contributed by atoms with Crippen LogP contribution in [0.2, 0.25) is 0 Å². The van der Waals surface area contributed by atoms with Crippen LogP contribution in [0.3, 0.4) is 0 Å². The number of nitro groups is 1. The van der Waals surface area contributed by atoms with Gasteiger partial charge in [-0.1, -0.05) is 19.1 Å². The van der Waals surface area contributed by atoms with Crippen LogP contribution in [0.4, 0.5) is 25.8 Å². The molecule has 0 fully saturated rings. The van der Waals surface area contributed by atoms with E-state index in [1.807, 2.05) is 24.3 Å². The average molecular weight is 321 g/mol. The lowest BCUT2D eigenvalue weighted by Gasteiger charge is -2.10. The van der Waals surface area contributed by atoms with Gasteiger partial charge in [0.15, 0.2) is 11.6 Å². The van der Waals surface area contributed by atoms with Gasteiger partial charge in [0.1, 0.15) is 5.69 Å². The summed E-state index contributed by atoms with van der Waals surface area (Å²) in [4.78, 5) is 9.71. The molecule has 0 aromatic heterocycles. The van der Waals surface area contributed by atoms with Gasteiger partial charge >= 0.3 is 0 Å². The first-order valence-corrected chi connectivity index (χ1v) is 7.21. The van der Waals surface area contributed by atoms with Crippen LogP contribution in [0.15, 0.2) is 36.4 Å². The van der Waals surface area contributed by atoms with Gasteiger partial charge in [0, 0.05) is 18.8 Å². The van der Waals surface area contributed by atoms with Gasteiger partial charge in [-0.3, -0.25) is 10.1 Å². The molecule has 0 radical (unpaired) electrons. The number of nitrogens with zero attached hydrogens (tertiary/aromatic N) is 1.